The summed E-state index contributed by atoms with van der Waals surface area (Å²) in [6.45, 7) is 5.62. The molecule has 4 amide bonds. The molecule has 0 fully saturated rings. The van der Waals surface area contributed by atoms with Crippen molar-refractivity contribution in [2.24, 2.45) is 5.73 Å². The van der Waals surface area contributed by atoms with Gasteiger partial charge in [-0.05, 0) is 202 Å². The van der Waals surface area contributed by atoms with Crippen molar-refractivity contribution in [2.45, 2.75) is 182 Å². The topological polar surface area (TPSA) is 266 Å². The number of nitrogens with two attached hydrogens (primary N) is 1. The van der Waals surface area contributed by atoms with Gasteiger partial charge < -0.3 is 11.1 Å². The first-order chi connectivity index (χ1) is 47.9. The standard InChI is InChI=1S/2C24H26N6O2.C16H24N6.C10H14N2.3CH4.W/c2*1-28(21-11-4-7-17-8-5-12-25-22(17)21)15-18-16-29(27-26-18)13-6-14-30-23(31)19-9-2-3-10-20(19)24(30)32;1-21(11-14-12-22(20-19-14)10-4-8-17)15-7-2-5-13-6-3-9-18-16(13)15;1-11-9-6-2-4-8-5-3-7-12-10(8)9;;;;/h2*2-3,5,8-10,12,16,21H,4,6-7,11,13-15H2,1H3;3,6,9,12,15H,2,4-5,7-8,10-11,17H2,1H3;3,5,7,9,11H,2,4,6H2,1H3;3*1H4;. The molecule has 9 aromatic rings. The van der Waals surface area contributed by atoms with Gasteiger partial charge in [0.05, 0.1) is 80.2 Å². The molecule has 540 valence electrons. The van der Waals surface area contributed by atoms with Gasteiger partial charge in [0.15, 0.2) is 0 Å². The summed E-state index contributed by atoms with van der Waals surface area (Å²) < 4.78 is 5.45. The van der Waals surface area contributed by atoms with E-state index in [1.807, 2.05) is 79.4 Å². The van der Waals surface area contributed by atoms with Crippen LogP contribution in [0.5, 0.6) is 0 Å². The molecule has 0 bridgehead atoms. The zero-order valence-electron chi connectivity index (χ0n) is 57.2. The molecular formula is C77H102N20O4W. The minimum Gasteiger partial charge on any atom is -0.330 e. The molecule has 0 saturated heterocycles. The molecule has 2 aromatic carbocycles. The van der Waals surface area contributed by atoms with Crippen LogP contribution in [0, 0.1) is 0 Å². The van der Waals surface area contributed by atoms with Crippen LogP contribution in [0.25, 0.3) is 0 Å². The summed E-state index contributed by atoms with van der Waals surface area (Å²) >= 11 is 0. The number of benzene rings is 2. The molecule has 4 unspecified atom stereocenters. The zero-order valence-corrected chi connectivity index (χ0v) is 60.2. The maximum atomic E-state index is 12.5. The molecule has 2 aliphatic heterocycles. The largest absolute Gasteiger partial charge is 0.330 e. The maximum Gasteiger partial charge on any atom is 0.261 e. The number of fused-ring (bicyclic) bond motifs is 6. The number of carbonyl (C=O) groups excluding carboxylic acids is 4. The molecular weight excluding hydrogens is 1450 g/mol. The van der Waals surface area contributed by atoms with Crippen molar-refractivity contribution >= 4 is 23.6 Å². The van der Waals surface area contributed by atoms with Gasteiger partial charge in [-0.2, -0.15) is 0 Å². The van der Waals surface area contributed by atoms with Crippen LogP contribution in [-0.2, 0) is 86.0 Å². The van der Waals surface area contributed by atoms with E-state index >= 15 is 0 Å². The molecule has 9 heterocycles. The third kappa shape index (κ3) is 18.9. The molecule has 0 saturated carbocycles. The van der Waals surface area contributed by atoms with Crippen LogP contribution >= 0.6 is 0 Å². The van der Waals surface area contributed by atoms with Gasteiger partial charge in [-0.25, -0.2) is 0 Å². The first kappa shape index (κ1) is 78.9. The third-order valence-electron chi connectivity index (χ3n) is 19.5. The maximum absolute atomic E-state index is 12.5. The van der Waals surface area contributed by atoms with Crippen LogP contribution in [0.2, 0.25) is 0 Å². The van der Waals surface area contributed by atoms with Gasteiger partial charge in [0.25, 0.3) is 23.6 Å². The number of rotatable bonds is 21. The summed E-state index contributed by atoms with van der Waals surface area (Å²) in [6.07, 6.45) is 29.5. The minimum absolute atomic E-state index is 0. The Morgan fingerprint density at radius 3 is 1.05 bits per heavy atom. The van der Waals surface area contributed by atoms with E-state index in [9.17, 15) is 19.2 Å². The van der Waals surface area contributed by atoms with Gasteiger partial charge in [0, 0.05) is 123 Å². The number of aromatic nitrogens is 13. The number of nitrogens with zero attached hydrogens (tertiary/aromatic N) is 18. The Labute approximate surface area is 615 Å². The number of aryl methyl sites for hydroxylation is 7. The molecule has 0 radical (unpaired) electrons. The zero-order chi connectivity index (χ0) is 67.9. The van der Waals surface area contributed by atoms with Crippen LogP contribution in [-0.4, -0.2) is 161 Å². The second-order valence-corrected chi connectivity index (χ2v) is 26.3. The smallest absolute Gasteiger partial charge is 0.261 e. The van der Waals surface area contributed by atoms with E-state index in [-0.39, 0.29) is 67.0 Å². The Hall–Kier alpha value is -8.77. The third-order valence-corrected chi connectivity index (χ3v) is 19.5. The van der Waals surface area contributed by atoms with Gasteiger partial charge in [-0.15, -0.1) is 15.3 Å². The predicted octanol–water partition coefficient (Wildman–Crippen LogP) is 10.9. The van der Waals surface area contributed by atoms with Crippen LogP contribution < -0.4 is 11.1 Å². The van der Waals surface area contributed by atoms with Crippen LogP contribution in [0.15, 0.2) is 140 Å². The van der Waals surface area contributed by atoms with Gasteiger partial charge in [-0.3, -0.25) is 77.7 Å². The first-order valence-corrected chi connectivity index (χ1v) is 34.7. The van der Waals surface area contributed by atoms with E-state index in [0.29, 0.717) is 105 Å². The van der Waals surface area contributed by atoms with Crippen LogP contribution in [0.4, 0.5) is 0 Å². The summed E-state index contributed by atoms with van der Waals surface area (Å²) in [5, 5.41) is 28.9. The number of imide groups is 2. The number of pyridine rings is 4. The molecule has 15 rings (SSSR count). The van der Waals surface area contributed by atoms with Crippen molar-refractivity contribution < 1.29 is 40.2 Å². The van der Waals surface area contributed by atoms with Crippen molar-refractivity contribution in [1.82, 2.24) is 94.7 Å². The Balaban J connectivity index is 0.000000178. The number of amides is 4. The van der Waals surface area contributed by atoms with Gasteiger partial charge in [0.2, 0.25) is 0 Å². The fourth-order valence-electron chi connectivity index (χ4n) is 14.5. The summed E-state index contributed by atoms with van der Waals surface area (Å²) in [7, 11) is 8.37. The Kier molecular flexibility index (Phi) is 29.4. The molecule has 6 aliphatic rings. The molecule has 7 aromatic heterocycles. The first-order valence-electron chi connectivity index (χ1n) is 34.7. The van der Waals surface area contributed by atoms with E-state index in [1.165, 1.54) is 80.5 Å². The normalized spacial score (nSPS) is 17.5. The molecule has 24 nitrogen and oxygen atoms in total. The summed E-state index contributed by atoms with van der Waals surface area (Å²) in [5.74, 6) is -0.860. The number of carbonyl (C=O) groups is 4. The monoisotopic (exact) mass is 1550 g/mol. The van der Waals surface area contributed by atoms with E-state index in [1.54, 1.807) is 57.9 Å². The van der Waals surface area contributed by atoms with E-state index < -0.39 is 0 Å². The molecule has 3 N–H and O–H groups in total. The van der Waals surface area contributed by atoms with Crippen molar-refractivity contribution in [3.63, 3.8) is 0 Å². The molecule has 25 heteroatoms. The molecule has 0 spiro atoms. The van der Waals surface area contributed by atoms with Crippen molar-refractivity contribution in [3.05, 3.63) is 225 Å². The Bertz CT molecular complexity index is 3940. The van der Waals surface area contributed by atoms with E-state index in [2.05, 4.69) is 116 Å². The average molecular weight is 1560 g/mol. The predicted molar refractivity (Wildman–Crippen MR) is 390 cm³/mol. The number of hydrogen-bond donors (Lipinski definition) is 2. The SMILES string of the molecule is C.C.C.CN(Cc1cn(CCCN)nn1)C1CCCc2cccnc21.CN(Cc1cn(CCCN2C(=O)c3ccccc3C2=O)nn1)C1CCCc2cccnc21.CN(Cc1cn(CCCN2C(=O)c3ccccc3C2=O)nn1)C1CCCc2cccnc21.CNC1CCCc2cccnc21.[W]. The molecule has 4 atom stereocenters. The minimum atomic E-state index is -0.215. The van der Waals surface area contributed by atoms with Gasteiger partial charge in [-0.1, -0.05) is 86.5 Å². The molecule has 4 aliphatic carbocycles. The van der Waals surface area contributed by atoms with E-state index in [0.717, 1.165) is 88.0 Å². The Morgan fingerprint density at radius 2 is 0.725 bits per heavy atom. The average Bonchev–Trinajstić information content (AvgIpc) is 1.62. The Morgan fingerprint density at radius 1 is 0.422 bits per heavy atom. The second-order valence-electron chi connectivity index (χ2n) is 26.3. The number of hydrogen-bond acceptors (Lipinski definition) is 19. The van der Waals surface area contributed by atoms with Crippen molar-refractivity contribution in [2.75, 3.05) is 47.8 Å². The molecule has 102 heavy (non-hydrogen) atoms. The fourth-order valence-corrected chi connectivity index (χ4v) is 14.5. The fraction of sp³-hybridized carbons (Fsp3) is 0.455. The van der Waals surface area contributed by atoms with E-state index in [4.69, 9.17) is 5.73 Å². The van der Waals surface area contributed by atoms with Gasteiger partial charge in [0.1, 0.15) is 0 Å². The van der Waals surface area contributed by atoms with Crippen LogP contribution in [0.1, 0.15) is 221 Å². The summed E-state index contributed by atoms with van der Waals surface area (Å²) in [6, 6.07) is 32.2. The van der Waals surface area contributed by atoms with Gasteiger partial charge >= 0.3 is 0 Å². The van der Waals surface area contributed by atoms with Crippen molar-refractivity contribution in [1.29, 1.82) is 0 Å². The summed E-state index contributed by atoms with van der Waals surface area (Å²) in [5.41, 5.74) is 20.6. The quantitative estimate of drug-likeness (QED) is 0.0633. The number of nitrogens with one attached hydrogen (secondary N) is 1. The van der Waals surface area contributed by atoms with Crippen molar-refractivity contribution in [3.8, 4) is 0 Å². The van der Waals surface area contributed by atoms with Crippen LogP contribution in [0.3, 0.4) is 0 Å². The summed E-state index contributed by atoms with van der Waals surface area (Å²) in [4.78, 5) is 77.7. The second kappa shape index (κ2) is 37.9.